The van der Waals surface area contributed by atoms with Crippen molar-refractivity contribution >= 4 is 34.7 Å². The monoisotopic (exact) mass is 294 g/mol. The van der Waals surface area contributed by atoms with E-state index in [1.165, 1.54) is 11.8 Å². The minimum Gasteiger partial charge on any atom is -0.333 e. The second-order valence-electron chi connectivity index (χ2n) is 4.51. The van der Waals surface area contributed by atoms with E-state index in [-0.39, 0.29) is 0 Å². The van der Waals surface area contributed by atoms with Gasteiger partial charge >= 0.3 is 0 Å². The molecular formula is C15H10N4OS. The van der Waals surface area contributed by atoms with Gasteiger partial charge < -0.3 is 4.98 Å². The molecule has 1 N–H and O–H groups in total. The van der Waals surface area contributed by atoms with Gasteiger partial charge in [-0.15, -0.1) is 0 Å². The fourth-order valence-electron chi connectivity index (χ4n) is 2.24. The number of nitrogens with one attached hydrogen (secondary N) is 1. The summed E-state index contributed by atoms with van der Waals surface area (Å²) in [5.41, 5.74) is 3.15. The molecule has 3 heterocycles. The summed E-state index contributed by atoms with van der Waals surface area (Å²) in [5.74, 6) is 0. The zero-order valence-electron chi connectivity index (χ0n) is 10.9. The van der Waals surface area contributed by atoms with Gasteiger partial charge in [0.1, 0.15) is 16.4 Å². The van der Waals surface area contributed by atoms with Gasteiger partial charge in [0.25, 0.3) is 0 Å². The van der Waals surface area contributed by atoms with Crippen molar-refractivity contribution in [1.29, 1.82) is 0 Å². The van der Waals surface area contributed by atoms with Gasteiger partial charge in [0, 0.05) is 6.20 Å². The zero-order valence-corrected chi connectivity index (χ0v) is 11.7. The standard InChI is InChI=1S/C15H10N4OS/c20-9-12-14(18-13-7-3-4-8-19(12)13)21-15-16-10-5-1-2-6-11(10)17-15/h1-9H,(H,16,17). The summed E-state index contributed by atoms with van der Waals surface area (Å²) in [6.07, 6.45) is 2.65. The number of carbonyl (C=O) groups is 1. The van der Waals surface area contributed by atoms with Gasteiger partial charge in [-0.05, 0) is 36.0 Å². The van der Waals surface area contributed by atoms with Crippen LogP contribution in [0, 0.1) is 0 Å². The lowest BCUT2D eigenvalue weighted by Crippen LogP contribution is -1.90. The Bertz CT molecular complexity index is 924. The van der Waals surface area contributed by atoms with Crippen LogP contribution in [0.15, 0.2) is 58.8 Å². The molecule has 0 bridgehead atoms. The molecule has 0 amide bonds. The third-order valence-corrected chi connectivity index (χ3v) is 4.09. The van der Waals surface area contributed by atoms with Crippen LogP contribution in [0.2, 0.25) is 0 Å². The third kappa shape index (κ3) is 2.00. The molecule has 6 heteroatoms. The number of fused-ring (bicyclic) bond motifs is 2. The lowest BCUT2D eigenvalue weighted by Gasteiger charge is -1.94. The number of carbonyl (C=O) groups excluding carboxylic acids is 1. The molecule has 0 spiro atoms. The van der Waals surface area contributed by atoms with Crippen molar-refractivity contribution in [3.63, 3.8) is 0 Å². The average molecular weight is 294 g/mol. The molecule has 0 aliphatic heterocycles. The van der Waals surface area contributed by atoms with Crippen LogP contribution in [0.1, 0.15) is 10.5 Å². The number of H-pyrrole nitrogens is 1. The van der Waals surface area contributed by atoms with Gasteiger partial charge in [0.2, 0.25) is 0 Å². The number of hydrogen-bond donors (Lipinski definition) is 1. The van der Waals surface area contributed by atoms with Crippen molar-refractivity contribution < 1.29 is 4.79 Å². The average Bonchev–Trinajstić information content (AvgIpc) is 3.06. The number of aldehydes is 1. The van der Waals surface area contributed by atoms with E-state index in [2.05, 4.69) is 15.0 Å². The molecular weight excluding hydrogens is 284 g/mol. The van der Waals surface area contributed by atoms with Crippen LogP contribution in [0.4, 0.5) is 0 Å². The molecule has 0 fully saturated rings. The van der Waals surface area contributed by atoms with E-state index in [0.29, 0.717) is 10.7 Å². The molecule has 3 aromatic heterocycles. The Morgan fingerprint density at radius 3 is 2.81 bits per heavy atom. The van der Waals surface area contributed by atoms with Crippen molar-refractivity contribution in [2.24, 2.45) is 0 Å². The molecule has 0 saturated carbocycles. The maximum absolute atomic E-state index is 11.4. The Labute approximate surface area is 124 Å². The Morgan fingerprint density at radius 2 is 1.95 bits per heavy atom. The number of benzene rings is 1. The van der Waals surface area contributed by atoms with Crippen LogP contribution in [-0.4, -0.2) is 25.6 Å². The van der Waals surface area contributed by atoms with Gasteiger partial charge in [-0.3, -0.25) is 9.20 Å². The first-order valence-corrected chi connectivity index (χ1v) is 7.21. The smallest absolute Gasteiger partial charge is 0.172 e. The number of nitrogens with zero attached hydrogens (tertiary/aromatic N) is 3. The van der Waals surface area contributed by atoms with Gasteiger partial charge in [0.05, 0.1) is 11.0 Å². The highest BCUT2D eigenvalue weighted by Gasteiger charge is 2.14. The molecule has 4 rings (SSSR count). The van der Waals surface area contributed by atoms with Crippen LogP contribution in [0.5, 0.6) is 0 Å². The van der Waals surface area contributed by atoms with Crippen LogP contribution >= 0.6 is 11.8 Å². The summed E-state index contributed by atoms with van der Waals surface area (Å²) >= 11 is 1.36. The maximum atomic E-state index is 11.4. The zero-order chi connectivity index (χ0) is 14.2. The Kier molecular flexibility index (Phi) is 2.75. The first kappa shape index (κ1) is 12.2. The number of para-hydroxylation sites is 2. The molecule has 4 aromatic rings. The van der Waals surface area contributed by atoms with Crippen LogP contribution in [0.25, 0.3) is 16.7 Å². The van der Waals surface area contributed by atoms with E-state index in [9.17, 15) is 4.79 Å². The highest BCUT2D eigenvalue weighted by Crippen LogP contribution is 2.29. The van der Waals surface area contributed by atoms with Gasteiger partial charge in [-0.25, -0.2) is 9.97 Å². The summed E-state index contributed by atoms with van der Waals surface area (Å²) < 4.78 is 1.78. The van der Waals surface area contributed by atoms with E-state index in [1.54, 1.807) is 4.40 Å². The molecule has 0 radical (unpaired) electrons. The molecule has 102 valence electrons. The fraction of sp³-hybridized carbons (Fsp3) is 0. The van der Waals surface area contributed by atoms with Crippen molar-refractivity contribution in [3.8, 4) is 0 Å². The van der Waals surface area contributed by atoms with Gasteiger partial charge in [-0.1, -0.05) is 18.2 Å². The fourth-order valence-corrected chi connectivity index (χ4v) is 3.12. The van der Waals surface area contributed by atoms with E-state index in [0.717, 1.165) is 28.1 Å². The van der Waals surface area contributed by atoms with Crippen molar-refractivity contribution in [2.45, 2.75) is 10.2 Å². The van der Waals surface area contributed by atoms with Crippen LogP contribution in [-0.2, 0) is 0 Å². The van der Waals surface area contributed by atoms with E-state index in [4.69, 9.17) is 0 Å². The minimum absolute atomic E-state index is 0.538. The second kappa shape index (κ2) is 4.75. The number of rotatable bonds is 3. The SMILES string of the molecule is O=Cc1c(Sc2nc3ccccc3[nH]2)nc2ccccn12. The Hall–Kier alpha value is -2.60. The molecule has 0 saturated heterocycles. The summed E-state index contributed by atoms with van der Waals surface area (Å²) in [6.45, 7) is 0. The van der Waals surface area contributed by atoms with Crippen LogP contribution in [0.3, 0.4) is 0 Å². The largest absolute Gasteiger partial charge is 0.333 e. The van der Waals surface area contributed by atoms with Gasteiger partial charge in [-0.2, -0.15) is 0 Å². The number of pyridine rings is 1. The molecule has 0 unspecified atom stereocenters. The van der Waals surface area contributed by atoms with E-state index in [1.807, 2.05) is 48.7 Å². The number of imidazole rings is 2. The molecule has 0 aliphatic carbocycles. The number of hydrogen-bond acceptors (Lipinski definition) is 4. The van der Waals surface area contributed by atoms with Crippen molar-refractivity contribution in [2.75, 3.05) is 0 Å². The molecule has 0 aliphatic rings. The van der Waals surface area contributed by atoms with Gasteiger partial charge in [0.15, 0.2) is 11.4 Å². The Balaban J connectivity index is 1.81. The van der Waals surface area contributed by atoms with E-state index < -0.39 is 0 Å². The molecule has 0 atom stereocenters. The third-order valence-electron chi connectivity index (χ3n) is 3.21. The highest BCUT2D eigenvalue weighted by molar-refractivity contribution is 7.99. The summed E-state index contributed by atoms with van der Waals surface area (Å²) in [5, 5.41) is 1.37. The lowest BCUT2D eigenvalue weighted by atomic mass is 10.3. The first-order valence-electron chi connectivity index (χ1n) is 6.40. The van der Waals surface area contributed by atoms with E-state index >= 15 is 0 Å². The predicted octanol–water partition coefficient (Wildman–Crippen LogP) is 3.17. The summed E-state index contributed by atoms with van der Waals surface area (Å²) in [7, 11) is 0. The van der Waals surface area contributed by atoms with Crippen molar-refractivity contribution in [3.05, 3.63) is 54.4 Å². The number of aromatic amines is 1. The first-order chi connectivity index (χ1) is 10.3. The molecule has 1 aromatic carbocycles. The quantitative estimate of drug-likeness (QED) is 0.589. The van der Waals surface area contributed by atoms with Crippen molar-refractivity contribution in [1.82, 2.24) is 19.4 Å². The maximum Gasteiger partial charge on any atom is 0.172 e. The predicted molar refractivity (Wildman–Crippen MR) is 80.8 cm³/mol. The summed E-state index contributed by atoms with van der Waals surface area (Å²) in [6, 6.07) is 13.5. The summed E-state index contributed by atoms with van der Waals surface area (Å²) in [4.78, 5) is 23.6. The topological polar surface area (TPSA) is 63.0 Å². The van der Waals surface area contributed by atoms with Crippen LogP contribution < -0.4 is 0 Å². The second-order valence-corrected chi connectivity index (χ2v) is 5.49. The normalized spacial score (nSPS) is 11.2. The number of aromatic nitrogens is 4. The lowest BCUT2D eigenvalue weighted by molar-refractivity contribution is 0.111. The minimum atomic E-state index is 0.538. The molecule has 21 heavy (non-hydrogen) atoms. The Morgan fingerprint density at radius 1 is 1.10 bits per heavy atom. The highest BCUT2D eigenvalue weighted by atomic mass is 32.2. The molecule has 5 nitrogen and oxygen atoms in total.